The van der Waals surface area contributed by atoms with Gasteiger partial charge in [0.25, 0.3) is 0 Å². The lowest BCUT2D eigenvalue weighted by Gasteiger charge is -2.19. The molecular formula is C16H31IN4O2. The molecule has 0 aromatic rings. The molecule has 0 saturated carbocycles. The average molecular weight is 438 g/mol. The third kappa shape index (κ3) is 6.82. The van der Waals surface area contributed by atoms with Gasteiger partial charge in [0.15, 0.2) is 5.96 Å². The first-order chi connectivity index (χ1) is 10.7. The summed E-state index contributed by atoms with van der Waals surface area (Å²) in [6.45, 7) is 8.14. The molecular weight excluding hydrogens is 407 g/mol. The van der Waals surface area contributed by atoms with Crippen molar-refractivity contribution in [1.82, 2.24) is 15.5 Å². The molecule has 7 heteroatoms. The molecule has 6 nitrogen and oxygen atoms in total. The molecule has 0 aromatic carbocycles. The second-order valence-electron chi connectivity index (χ2n) is 6.01. The molecule has 0 bridgehead atoms. The maximum Gasteiger partial charge on any atom is 0.222 e. The molecule has 2 aliphatic heterocycles. The summed E-state index contributed by atoms with van der Waals surface area (Å²) in [6, 6.07) is 0.302. The Morgan fingerprint density at radius 2 is 2.17 bits per heavy atom. The molecule has 1 amide bonds. The van der Waals surface area contributed by atoms with E-state index in [0.29, 0.717) is 18.6 Å². The monoisotopic (exact) mass is 438 g/mol. The third-order valence-corrected chi connectivity index (χ3v) is 4.27. The van der Waals surface area contributed by atoms with Gasteiger partial charge in [-0.3, -0.25) is 9.79 Å². The minimum atomic E-state index is 0. The van der Waals surface area contributed by atoms with E-state index in [1.807, 2.05) is 11.8 Å². The predicted molar refractivity (Wildman–Crippen MR) is 103 cm³/mol. The van der Waals surface area contributed by atoms with Crippen molar-refractivity contribution in [3.05, 3.63) is 0 Å². The molecule has 2 N–H and O–H groups in total. The number of aliphatic imine (C=N–C) groups is 1. The van der Waals surface area contributed by atoms with Crippen molar-refractivity contribution >= 4 is 35.8 Å². The van der Waals surface area contributed by atoms with Crippen molar-refractivity contribution in [3.8, 4) is 0 Å². The molecule has 2 aliphatic rings. The number of carbonyl (C=O) groups excluding carboxylic acids is 1. The van der Waals surface area contributed by atoms with Crippen LogP contribution in [0.25, 0.3) is 0 Å². The van der Waals surface area contributed by atoms with Crippen LogP contribution >= 0.6 is 24.0 Å². The van der Waals surface area contributed by atoms with E-state index in [-0.39, 0.29) is 29.9 Å². The van der Waals surface area contributed by atoms with Crippen LogP contribution in [0.2, 0.25) is 0 Å². The second-order valence-corrected chi connectivity index (χ2v) is 6.01. The normalized spacial score (nSPS) is 24.4. The van der Waals surface area contributed by atoms with Gasteiger partial charge in [-0.2, -0.15) is 0 Å². The maximum absolute atomic E-state index is 11.7. The number of amides is 1. The molecule has 0 aromatic heterocycles. The summed E-state index contributed by atoms with van der Waals surface area (Å²) < 4.78 is 5.63. The van der Waals surface area contributed by atoms with Crippen molar-refractivity contribution in [2.24, 2.45) is 4.99 Å². The van der Waals surface area contributed by atoms with Gasteiger partial charge in [0.05, 0.1) is 6.10 Å². The number of ether oxygens (including phenoxy) is 1. The Balaban J connectivity index is 0.00000264. The van der Waals surface area contributed by atoms with E-state index in [2.05, 4.69) is 22.5 Å². The van der Waals surface area contributed by atoms with Gasteiger partial charge in [0, 0.05) is 45.2 Å². The van der Waals surface area contributed by atoms with Crippen molar-refractivity contribution in [3.63, 3.8) is 0 Å². The molecule has 134 valence electrons. The highest BCUT2D eigenvalue weighted by atomic mass is 127. The number of carbonyl (C=O) groups is 1. The van der Waals surface area contributed by atoms with Crippen molar-refractivity contribution in [2.45, 2.75) is 58.1 Å². The lowest BCUT2D eigenvalue weighted by molar-refractivity contribution is -0.129. The Bertz CT molecular complexity index is 386. The lowest BCUT2D eigenvalue weighted by Crippen LogP contribution is -2.45. The van der Waals surface area contributed by atoms with E-state index in [9.17, 15) is 4.79 Å². The van der Waals surface area contributed by atoms with Gasteiger partial charge >= 0.3 is 0 Å². The first-order valence-corrected chi connectivity index (χ1v) is 8.67. The van der Waals surface area contributed by atoms with Gasteiger partial charge in [-0.15, -0.1) is 24.0 Å². The van der Waals surface area contributed by atoms with Gasteiger partial charge in [-0.25, -0.2) is 0 Å². The first-order valence-electron chi connectivity index (χ1n) is 8.67. The number of rotatable bonds is 6. The van der Waals surface area contributed by atoms with Crippen LogP contribution in [-0.2, 0) is 9.53 Å². The van der Waals surface area contributed by atoms with Crippen LogP contribution in [0.4, 0.5) is 0 Å². The Morgan fingerprint density at radius 1 is 1.35 bits per heavy atom. The van der Waals surface area contributed by atoms with Crippen LogP contribution in [0.15, 0.2) is 4.99 Å². The zero-order chi connectivity index (χ0) is 15.8. The fourth-order valence-electron chi connectivity index (χ4n) is 3.03. The zero-order valence-corrected chi connectivity index (χ0v) is 16.7. The van der Waals surface area contributed by atoms with E-state index in [1.54, 1.807) is 0 Å². The Morgan fingerprint density at radius 3 is 2.83 bits per heavy atom. The van der Waals surface area contributed by atoms with Gasteiger partial charge in [-0.05, 0) is 32.6 Å². The molecule has 0 spiro atoms. The highest BCUT2D eigenvalue weighted by Gasteiger charge is 2.25. The van der Waals surface area contributed by atoms with Crippen LogP contribution in [0.1, 0.15) is 46.0 Å². The molecule has 23 heavy (non-hydrogen) atoms. The summed E-state index contributed by atoms with van der Waals surface area (Å²) in [6.07, 6.45) is 5.29. The number of nitrogens with one attached hydrogen (secondary N) is 2. The Labute approximate surface area is 156 Å². The maximum atomic E-state index is 11.7. The number of halogens is 1. The first kappa shape index (κ1) is 20.5. The summed E-state index contributed by atoms with van der Waals surface area (Å²) in [7, 11) is 0. The molecule has 2 saturated heterocycles. The molecule has 2 rings (SSSR count). The highest BCUT2D eigenvalue weighted by molar-refractivity contribution is 14.0. The number of guanidine groups is 1. The number of hydrogen-bond donors (Lipinski definition) is 2. The van der Waals surface area contributed by atoms with Crippen molar-refractivity contribution in [2.75, 3.05) is 32.8 Å². The third-order valence-electron chi connectivity index (χ3n) is 4.27. The zero-order valence-electron chi connectivity index (χ0n) is 14.3. The van der Waals surface area contributed by atoms with E-state index >= 15 is 0 Å². The summed E-state index contributed by atoms with van der Waals surface area (Å²) in [4.78, 5) is 18.3. The minimum Gasteiger partial charge on any atom is -0.378 e. The largest absolute Gasteiger partial charge is 0.378 e. The number of hydrogen-bond acceptors (Lipinski definition) is 3. The van der Waals surface area contributed by atoms with Crippen LogP contribution in [-0.4, -0.2) is 61.7 Å². The highest BCUT2D eigenvalue weighted by Crippen LogP contribution is 2.15. The van der Waals surface area contributed by atoms with Crippen LogP contribution in [0.5, 0.6) is 0 Å². The fraction of sp³-hybridized carbons (Fsp3) is 0.875. The van der Waals surface area contributed by atoms with Gasteiger partial charge < -0.3 is 20.3 Å². The van der Waals surface area contributed by atoms with E-state index in [4.69, 9.17) is 4.74 Å². The molecule has 2 unspecified atom stereocenters. The molecule has 2 fully saturated rings. The SMILES string of the molecule is CCNC(=NCCC1CCCO1)NC1CCN(C(=O)CC)C1.I. The molecule has 2 heterocycles. The Kier molecular flexibility index (Phi) is 9.85. The van der Waals surface area contributed by atoms with Gasteiger partial charge in [-0.1, -0.05) is 6.92 Å². The topological polar surface area (TPSA) is 66.0 Å². The molecule has 2 atom stereocenters. The van der Waals surface area contributed by atoms with Crippen molar-refractivity contribution < 1.29 is 9.53 Å². The summed E-state index contributed by atoms with van der Waals surface area (Å²) in [5, 5.41) is 6.74. The summed E-state index contributed by atoms with van der Waals surface area (Å²) in [5.41, 5.74) is 0. The fourth-order valence-corrected chi connectivity index (χ4v) is 3.03. The van der Waals surface area contributed by atoms with Gasteiger partial charge in [0.1, 0.15) is 0 Å². The summed E-state index contributed by atoms with van der Waals surface area (Å²) >= 11 is 0. The predicted octanol–water partition coefficient (Wildman–Crippen LogP) is 1.74. The van der Waals surface area contributed by atoms with Crippen LogP contribution in [0, 0.1) is 0 Å². The van der Waals surface area contributed by atoms with E-state index in [0.717, 1.165) is 58.0 Å². The summed E-state index contributed by atoms with van der Waals surface area (Å²) in [5.74, 6) is 1.10. The van der Waals surface area contributed by atoms with E-state index in [1.165, 1.54) is 6.42 Å². The second kappa shape index (κ2) is 11.1. The number of nitrogens with zero attached hydrogens (tertiary/aromatic N) is 2. The quantitative estimate of drug-likeness (QED) is 0.377. The number of likely N-dealkylation sites (tertiary alicyclic amines) is 1. The molecule has 0 radical (unpaired) electrons. The lowest BCUT2D eigenvalue weighted by atomic mass is 10.2. The minimum absolute atomic E-state index is 0. The smallest absolute Gasteiger partial charge is 0.222 e. The standard InChI is InChI=1S/C16H30N4O2.HI/c1-3-15(21)20-10-8-13(12-20)19-16(17-4-2)18-9-7-14-6-5-11-22-14;/h13-14H,3-12H2,1-2H3,(H2,17,18,19);1H. The van der Waals surface area contributed by atoms with Crippen molar-refractivity contribution in [1.29, 1.82) is 0 Å². The van der Waals surface area contributed by atoms with Crippen LogP contribution in [0.3, 0.4) is 0 Å². The average Bonchev–Trinajstić information content (AvgIpc) is 3.18. The van der Waals surface area contributed by atoms with E-state index < -0.39 is 0 Å². The molecule has 0 aliphatic carbocycles. The van der Waals surface area contributed by atoms with Gasteiger partial charge in [0.2, 0.25) is 5.91 Å². The van der Waals surface area contributed by atoms with Crippen LogP contribution < -0.4 is 10.6 Å². The Hall–Kier alpha value is -0.570.